The zero-order valence-corrected chi connectivity index (χ0v) is 11.0. The summed E-state index contributed by atoms with van der Waals surface area (Å²) in [7, 11) is 0. The van der Waals surface area contributed by atoms with Crippen LogP contribution in [0.1, 0.15) is 6.92 Å². The van der Waals surface area contributed by atoms with E-state index in [2.05, 4.69) is 15.1 Å². The molecule has 1 amide bonds. The zero-order valence-electron chi connectivity index (χ0n) is 10.2. The van der Waals surface area contributed by atoms with Gasteiger partial charge < -0.3 is 9.80 Å². The van der Waals surface area contributed by atoms with Crippen LogP contribution in [0.25, 0.3) is 0 Å². The standard InChI is InChI=1S/C12H15ClN4O/c1-8(18)16-4-9-6-17(7-10(9)5-16)12-3-2-11(13)14-15-12/h2-3,9-10H,4-7H2,1H3. The van der Waals surface area contributed by atoms with Crippen LogP contribution in [0.5, 0.6) is 0 Å². The van der Waals surface area contributed by atoms with Crippen molar-refractivity contribution < 1.29 is 4.79 Å². The van der Waals surface area contributed by atoms with E-state index < -0.39 is 0 Å². The fourth-order valence-corrected chi connectivity index (χ4v) is 3.02. The predicted molar refractivity (Wildman–Crippen MR) is 68.5 cm³/mol. The number of likely N-dealkylation sites (tertiary alicyclic amines) is 1. The first-order valence-corrected chi connectivity index (χ1v) is 6.51. The highest BCUT2D eigenvalue weighted by Gasteiger charge is 2.41. The Hall–Kier alpha value is -1.36. The fourth-order valence-electron chi connectivity index (χ4n) is 2.91. The van der Waals surface area contributed by atoms with Crippen LogP contribution < -0.4 is 4.90 Å². The molecule has 2 unspecified atom stereocenters. The lowest BCUT2D eigenvalue weighted by atomic mass is 10.0. The molecule has 2 aliphatic rings. The van der Waals surface area contributed by atoms with Gasteiger partial charge in [-0.3, -0.25) is 4.79 Å². The Kier molecular flexibility index (Phi) is 2.86. The van der Waals surface area contributed by atoms with Crippen LogP contribution in [0.4, 0.5) is 5.82 Å². The van der Waals surface area contributed by atoms with E-state index in [-0.39, 0.29) is 5.91 Å². The Morgan fingerprint density at radius 1 is 1.22 bits per heavy atom. The fraction of sp³-hybridized carbons (Fsp3) is 0.583. The molecule has 0 aliphatic carbocycles. The van der Waals surface area contributed by atoms with Crippen molar-refractivity contribution >= 4 is 23.3 Å². The van der Waals surface area contributed by atoms with Gasteiger partial charge in [-0.1, -0.05) is 11.6 Å². The van der Waals surface area contributed by atoms with Crippen LogP contribution in [-0.4, -0.2) is 47.2 Å². The Morgan fingerprint density at radius 3 is 2.39 bits per heavy atom. The topological polar surface area (TPSA) is 49.3 Å². The lowest BCUT2D eigenvalue weighted by molar-refractivity contribution is -0.128. The van der Waals surface area contributed by atoms with Crippen molar-refractivity contribution in [2.24, 2.45) is 11.8 Å². The summed E-state index contributed by atoms with van der Waals surface area (Å²) in [6.07, 6.45) is 0. The summed E-state index contributed by atoms with van der Waals surface area (Å²) < 4.78 is 0. The van der Waals surface area contributed by atoms with Gasteiger partial charge in [0, 0.05) is 44.9 Å². The van der Waals surface area contributed by atoms with Gasteiger partial charge in [0.2, 0.25) is 5.91 Å². The van der Waals surface area contributed by atoms with Gasteiger partial charge in [-0.25, -0.2) is 0 Å². The maximum atomic E-state index is 11.3. The van der Waals surface area contributed by atoms with Crippen molar-refractivity contribution in [3.8, 4) is 0 Å². The first-order valence-electron chi connectivity index (χ1n) is 6.13. The van der Waals surface area contributed by atoms with Crippen LogP contribution >= 0.6 is 11.6 Å². The third-order valence-corrected chi connectivity index (χ3v) is 4.08. The van der Waals surface area contributed by atoms with Gasteiger partial charge in [-0.05, 0) is 12.1 Å². The van der Waals surface area contributed by atoms with Gasteiger partial charge in [0.15, 0.2) is 11.0 Å². The number of amides is 1. The molecular formula is C12H15ClN4O. The molecule has 3 rings (SSSR count). The number of halogens is 1. The molecule has 6 heteroatoms. The molecule has 2 aliphatic heterocycles. The van der Waals surface area contributed by atoms with Gasteiger partial charge in [-0.15, -0.1) is 10.2 Å². The van der Waals surface area contributed by atoms with Crippen molar-refractivity contribution in [1.82, 2.24) is 15.1 Å². The highest BCUT2D eigenvalue weighted by atomic mass is 35.5. The number of hydrogen-bond donors (Lipinski definition) is 0. The Balaban J connectivity index is 1.68. The highest BCUT2D eigenvalue weighted by molar-refractivity contribution is 6.29. The SMILES string of the molecule is CC(=O)N1CC2CN(c3ccc(Cl)nn3)CC2C1. The van der Waals surface area contributed by atoms with Crippen molar-refractivity contribution in [3.63, 3.8) is 0 Å². The summed E-state index contributed by atoms with van der Waals surface area (Å²) >= 11 is 5.73. The number of rotatable bonds is 1. The second kappa shape index (κ2) is 4.39. The molecule has 18 heavy (non-hydrogen) atoms. The van der Waals surface area contributed by atoms with Gasteiger partial charge in [0.25, 0.3) is 0 Å². The summed E-state index contributed by atoms with van der Waals surface area (Å²) in [5.74, 6) is 2.18. The molecule has 0 bridgehead atoms. The molecule has 0 spiro atoms. The minimum Gasteiger partial charge on any atom is -0.354 e. The lowest BCUT2D eigenvalue weighted by Gasteiger charge is -2.21. The normalized spacial score (nSPS) is 26.6. The van der Waals surface area contributed by atoms with E-state index in [0.717, 1.165) is 32.0 Å². The third kappa shape index (κ3) is 2.03. The average molecular weight is 267 g/mol. The van der Waals surface area contributed by atoms with Crippen LogP contribution in [0.15, 0.2) is 12.1 Å². The van der Waals surface area contributed by atoms with E-state index in [1.54, 1.807) is 13.0 Å². The smallest absolute Gasteiger partial charge is 0.219 e. The predicted octanol–water partition coefficient (Wildman–Crippen LogP) is 1.04. The molecule has 1 aromatic rings. The van der Waals surface area contributed by atoms with Crippen LogP contribution in [-0.2, 0) is 4.79 Å². The third-order valence-electron chi connectivity index (χ3n) is 3.87. The van der Waals surface area contributed by atoms with Crippen LogP contribution in [0, 0.1) is 11.8 Å². The molecule has 0 saturated carbocycles. The maximum Gasteiger partial charge on any atom is 0.219 e. The van der Waals surface area contributed by atoms with E-state index in [1.807, 2.05) is 11.0 Å². The number of nitrogens with zero attached hydrogens (tertiary/aromatic N) is 4. The van der Waals surface area contributed by atoms with E-state index >= 15 is 0 Å². The molecule has 3 heterocycles. The number of hydrogen-bond acceptors (Lipinski definition) is 4. The van der Waals surface area contributed by atoms with Gasteiger partial charge in [-0.2, -0.15) is 0 Å². The van der Waals surface area contributed by atoms with Crippen LogP contribution in [0.3, 0.4) is 0 Å². The Labute approximate surface area is 111 Å². The number of anilines is 1. The monoisotopic (exact) mass is 266 g/mol. The summed E-state index contributed by atoms with van der Waals surface area (Å²) in [5, 5.41) is 8.39. The van der Waals surface area contributed by atoms with Gasteiger partial charge >= 0.3 is 0 Å². The second-order valence-corrected chi connectivity index (χ2v) is 5.45. The number of carbonyl (C=O) groups is 1. The average Bonchev–Trinajstić information content (AvgIpc) is 2.87. The van der Waals surface area contributed by atoms with E-state index in [4.69, 9.17) is 11.6 Å². The number of carbonyl (C=O) groups excluding carboxylic acids is 1. The van der Waals surface area contributed by atoms with Crippen molar-refractivity contribution in [2.45, 2.75) is 6.92 Å². The molecule has 96 valence electrons. The molecule has 5 nitrogen and oxygen atoms in total. The maximum absolute atomic E-state index is 11.3. The first kappa shape index (κ1) is 11.7. The van der Waals surface area contributed by atoms with E-state index in [1.165, 1.54) is 0 Å². The van der Waals surface area contributed by atoms with Crippen molar-refractivity contribution in [2.75, 3.05) is 31.1 Å². The molecule has 2 saturated heterocycles. The van der Waals surface area contributed by atoms with Crippen molar-refractivity contribution in [1.29, 1.82) is 0 Å². The number of fused-ring (bicyclic) bond motifs is 1. The zero-order chi connectivity index (χ0) is 12.7. The summed E-state index contributed by atoms with van der Waals surface area (Å²) in [4.78, 5) is 15.5. The number of aromatic nitrogens is 2. The Bertz CT molecular complexity index is 450. The highest BCUT2D eigenvalue weighted by Crippen LogP contribution is 2.33. The Morgan fingerprint density at radius 2 is 1.89 bits per heavy atom. The quantitative estimate of drug-likeness (QED) is 0.762. The molecule has 0 N–H and O–H groups in total. The molecule has 0 radical (unpaired) electrons. The second-order valence-electron chi connectivity index (χ2n) is 5.06. The molecule has 2 atom stereocenters. The van der Waals surface area contributed by atoms with Gasteiger partial charge in [0.05, 0.1) is 0 Å². The minimum absolute atomic E-state index is 0.183. The molecule has 0 aromatic carbocycles. The first-order chi connectivity index (χ1) is 8.63. The van der Waals surface area contributed by atoms with E-state index in [0.29, 0.717) is 17.0 Å². The minimum atomic E-state index is 0.183. The van der Waals surface area contributed by atoms with E-state index in [9.17, 15) is 4.79 Å². The largest absolute Gasteiger partial charge is 0.354 e. The lowest BCUT2D eigenvalue weighted by Crippen LogP contribution is -2.32. The van der Waals surface area contributed by atoms with Crippen molar-refractivity contribution in [3.05, 3.63) is 17.3 Å². The summed E-state index contributed by atoms with van der Waals surface area (Å²) in [5.41, 5.74) is 0. The summed E-state index contributed by atoms with van der Waals surface area (Å²) in [6.45, 7) is 5.29. The molecule has 1 aromatic heterocycles. The van der Waals surface area contributed by atoms with Crippen LogP contribution in [0.2, 0.25) is 5.15 Å². The molecular weight excluding hydrogens is 252 g/mol. The summed E-state index contributed by atoms with van der Waals surface area (Å²) in [6, 6.07) is 3.67. The molecule has 2 fully saturated rings. The van der Waals surface area contributed by atoms with Gasteiger partial charge in [0.1, 0.15) is 0 Å².